The van der Waals surface area contributed by atoms with Crippen LogP contribution in [0.25, 0.3) is 0 Å². The molecule has 2 aliphatic heterocycles. The molecule has 0 amide bonds. The molecule has 0 aromatic carbocycles. The van der Waals surface area contributed by atoms with Gasteiger partial charge in [0.05, 0.1) is 11.6 Å². The number of allylic oxidation sites excluding steroid dienone is 2. The topological polar surface area (TPSA) is 62.1 Å². The summed E-state index contributed by atoms with van der Waals surface area (Å²) in [6.45, 7) is 1.94. The highest BCUT2D eigenvalue weighted by Gasteiger charge is 2.32. The number of aliphatic imine (C=N–C) groups is 1. The molecule has 0 radical (unpaired) electrons. The maximum Gasteiger partial charge on any atom is 0.340 e. The van der Waals surface area contributed by atoms with E-state index in [2.05, 4.69) is 4.99 Å². The van der Waals surface area contributed by atoms with Crippen molar-refractivity contribution >= 4 is 23.4 Å². The molecule has 2 aliphatic rings. The quantitative estimate of drug-likeness (QED) is 0.750. The van der Waals surface area contributed by atoms with Gasteiger partial charge in [-0.15, -0.1) is 0 Å². The molecule has 90 valence electrons. The third kappa shape index (κ3) is 2.11. The maximum absolute atomic E-state index is 11.5. The highest BCUT2D eigenvalue weighted by Crippen LogP contribution is 2.24. The summed E-state index contributed by atoms with van der Waals surface area (Å²) in [4.78, 5) is 17.0. The Morgan fingerprint density at radius 1 is 1.71 bits per heavy atom. The molecule has 0 unspecified atom stereocenters. The Morgan fingerprint density at radius 3 is 3.18 bits per heavy atom. The van der Waals surface area contributed by atoms with Crippen molar-refractivity contribution in [3.8, 4) is 0 Å². The van der Waals surface area contributed by atoms with Crippen LogP contribution in [0.2, 0.25) is 0 Å². The minimum absolute atomic E-state index is 0.0895. The average molecular weight is 255 g/mol. The summed E-state index contributed by atoms with van der Waals surface area (Å²) in [5.41, 5.74) is 0.0895. The van der Waals surface area contributed by atoms with E-state index in [1.165, 1.54) is 11.1 Å². The zero-order valence-electron chi connectivity index (χ0n) is 9.13. The summed E-state index contributed by atoms with van der Waals surface area (Å²) in [6.07, 6.45) is 5.08. The number of carbonyl (C=O) groups excluding carboxylic acids is 1. The summed E-state index contributed by atoms with van der Waals surface area (Å²) in [5, 5.41) is 10.4. The molecule has 0 fully saturated rings. The largest absolute Gasteiger partial charge is 0.462 e. The molecule has 0 saturated heterocycles. The fourth-order valence-corrected chi connectivity index (χ4v) is 1.75. The number of aliphatic hydroxyl groups excluding tert-OH is 1. The van der Waals surface area contributed by atoms with Crippen LogP contribution < -0.4 is 0 Å². The predicted molar refractivity (Wildman–Crippen MR) is 63.1 cm³/mol. The Bertz CT molecular complexity index is 465. The first-order valence-corrected chi connectivity index (χ1v) is 5.48. The van der Waals surface area contributed by atoms with Crippen molar-refractivity contribution in [3.63, 3.8) is 0 Å². The van der Waals surface area contributed by atoms with Crippen LogP contribution in [0.15, 0.2) is 40.1 Å². The number of halogens is 1. The van der Waals surface area contributed by atoms with Gasteiger partial charge in [-0.3, -0.25) is 0 Å². The van der Waals surface area contributed by atoms with E-state index in [4.69, 9.17) is 16.3 Å². The Labute approximate surface area is 103 Å². The Morgan fingerprint density at radius 2 is 2.47 bits per heavy atom. The Balaban J connectivity index is 2.31. The van der Waals surface area contributed by atoms with E-state index in [9.17, 15) is 9.90 Å². The predicted octanol–water partition coefficient (Wildman–Crippen LogP) is 1.12. The number of rotatable bonds is 2. The number of aliphatic hydroxyl groups is 1. The van der Waals surface area contributed by atoms with Gasteiger partial charge in [0.1, 0.15) is 5.57 Å². The van der Waals surface area contributed by atoms with Gasteiger partial charge in [-0.1, -0.05) is 11.6 Å². The molecule has 0 spiro atoms. The second-order valence-electron chi connectivity index (χ2n) is 3.39. The zero-order chi connectivity index (χ0) is 12.4. The minimum atomic E-state index is -1.12. The first-order chi connectivity index (χ1) is 8.15. The average Bonchev–Trinajstić information content (AvgIpc) is 2.31. The molecule has 0 aromatic rings. The molecular formula is C11H11ClN2O3. The molecular weight excluding hydrogens is 244 g/mol. The van der Waals surface area contributed by atoms with Crippen molar-refractivity contribution in [3.05, 3.63) is 35.2 Å². The van der Waals surface area contributed by atoms with Crippen LogP contribution in [0.1, 0.15) is 6.92 Å². The molecule has 6 heteroatoms. The first-order valence-electron chi connectivity index (χ1n) is 5.11. The van der Waals surface area contributed by atoms with Crippen molar-refractivity contribution in [1.29, 1.82) is 0 Å². The molecule has 2 heterocycles. The van der Waals surface area contributed by atoms with E-state index < -0.39 is 12.2 Å². The number of nitrogens with zero attached hydrogens (tertiary/aromatic N) is 2. The van der Waals surface area contributed by atoms with Crippen LogP contribution in [-0.2, 0) is 9.53 Å². The van der Waals surface area contributed by atoms with Crippen molar-refractivity contribution in [1.82, 2.24) is 4.90 Å². The number of ether oxygens (including phenoxy) is 1. The van der Waals surface area contributed by atoms with Crippen LogP contribution in [0.3, 0.4) is 0 Å². The summed E-state index contributed by atoms with van der Waals surface area (Å²) in [5.74, 6) is -0.170. The highest BCUT2D eigenvalue weighted by atomic mass is 35.5. The number of hydrogen-bond donors (Lipinski definition) is 1. The number of amidine groups is 1. The molecule has 0 bridgehead atoms. The summed E-state index contributed by atoms with van der Waals surface area (Å²) in [6, 6.07) is 0. The monoisotopic (exact) mass is 254 g/mol. The van der Waals surface area contributed by atoms with E-state index in [0.29, 0.717) is 10.9 Å². The van der Waals surface area contributed by atoms with Gasteiger partial charge in [0.2, 0.25) is 0 Å². The molecule has 1 atom stereocenters. The van der Waals surface area contributed by atoms with Gasteiger partial charge in [0.25, 0.3) is 0 Å². The molecule has 17 heavy (non-hydrogen) atoms. The van der Waals surface area contributed by atoms with Crippen LogP contribution in [0.4, 0.5) is 0 Å². The van der Waals surface area contributed by atoms with Crippen LogP contribution in [0.5, 0.6) is 0 Å². The molecule has 2 rings (SSSR count). The third-order valence-electron chi connectivity index (χ3n) is 2.33. The summed E-state index contributed by atoms with van der Waals surface area (Å²) in [7, 11) is 0. The van der Waals surface area contributed by atoms with Gasteiger partial charge in [-0.25, -0.2) is 9.79 Å². The second kappa shape index (κ2) is 4.73. The Kier molecular flexibility index (Phi) is 3.31. The fraction of sp³-hybridized carbons (Fsp3) is 0.273. The van der Waals surface area contributed by atoms with Gasteiger partial charge in [0, 0.05) is 12.4 Å². The van der Waals surface area contributed by atoms with Crippen LogP contribution in [-0.4, -0.2) is 34.6 Å². The van der Waals surface area contributed by atoms with Crippen molar-refractivity contribution in [2.24, 2.45) is 4.99 Å². The van der Waals surface area contributed by atoms with Gasteiger partial charge in [0.15, 0.2) is 12.1 Å². The van der Waals surface area contributed by atoms with E-state index in [-0.39, 0.29) is 12.2 Å². The molecule has 0 aliphatic carbocycles. The third-order valence-corrected chi connectivity index (χ3v) is 2.62. The van der Waals surface area contributed by atoms with Gasteiger partial charge in [-0.2, -0.15) is 0 Å². The molecule has 5 nitrogen and oxygen atoms in total. The minimum Gasteiger partial charge on any atom is -0.462 e. The van der Waals surface area contributed by atoms with Gasteiger partial charge >= 0.3 is 5.97 Å². The smallest absolute Gasteiger partial charge is 0.340 e. The van der Waals surface area contributed by atoms with Crippen molar-refractivity contribution in [2.45, 2.75) is 13.2 Å². The molecule has 0 saturated carbocycles. The van der Waals surface area contributed by atoms with E-state index in [1.807, 2.05) is 0 Å². The number of esters is 1. The number of carbonyl (C=O) groups is 1. The Hall–Kier alpha value is -1.59. The zero-order valence-corrected chi connectivity index (χ0v) is 9.89. The molecule has 1 N–H and O–H groups in total. The first kappa shape index (κ1) is 11.9. The lowest BCUT2D eigenvalue weighted by Crippen LogP contribution is -2.42. The lowest BCUT2D eigenvalue weighted by atomic mass is 10.1. The highest BCUT2D eigenvalue weighted by molar-refractivity contribution is 6.43. The van der Waals surface area contributed by atoms with E-state index in [1.54, 1.807) is 25.3 Å². The second-order valence-corrected chi connectivity index (χ2v) is 3.80. The lowest BCUT2D eigenvalue weighted by Gasteiger charge is -2.32. The lowest BCUT2D eigenvalue weighted by molar-refractivity contribution is -0.140. The normalized spacial score (nSPS) is 22.4. The van der Waals surface area contributed by atoms with E-state index in [0.717, 1.165) is 0 Å². The van der Waals surface area contributed by atoms with Crippen LogP contribution >= 0.6 is 11.6 Å². The molecule has 0 aromatic heterocycles. The van der Waals surface area contributed by atoms with Gasteiger partial charge in [-0.05, 0) is 19.1 Å². The maximum atomic E-state index is 11.5. The van der Waals surface area contributed by atoms with E-state index >= 15 is 0 Å². The SMILES string of the molecule is CCOC(=O)C1=CN=C2C(Cl)=CC=CN2[C@H]1O. The number of hydrogen-bond acceptors (Lipinski definition) is 5. The fourth-order valence-electron chi connectivity index (χ4n) is 1.53. The summed E-state index contributed by atoms with van der Waals surface area (Å²) < 4.78 is 4.82. The standard InChI is InChI=1S/C11H11ClN2O3/c1-2-17-11(16)7-6-13-9-8(12)4-3-5-14(9)10(7)15/h3-6,10,15H,2H2,1H3/t10-/m0/s1. The van der Waals surface area contributed by atoms with Crippen molar-refractivity contribution < 1.29 is 14.6 Å². The summed E-state index contributed by atoms with van der Waals surface area (Å²) >= 11 is 5.92. The number of fused-ring (bicyclic) bond motifs is 1. The van der Waals surface area contributed by atoms with Crippen LogP contribution in [0, 0.1) is 0 Å². The van der Waals surface area contributed by atoms with Gasteiger partial charge < -0.3 is 14.7 Å². The van der Waals surface area contributed by atoms with Crippen molar-refractivity contribution in [2.75, 3.05) is 6.61 Å².